The van der Waals surface area contributed by atoms with Crippen molar-refractivity contribution in [1.29, 1.82) is 0 Å². The zero-order chi connectivity index (χ0) is 21.9. The minimum Gasteiger partial charge on any atom is -0.391 e. The average molecular weight is 423 g/mol. The summed E-state index contributed by atoms with van der Waals surface area (Å²) in [5.74, 6) is -0.548. The van der Waals surface area contributed by atoms with Crippen LogP contribution in [0.1, 0.15) is 38.4 Å². The van der Waals surface area contributed by atoms with E-state index in [4.69, 9.17) is 15.6 Å². The number of nitrogens with zero attached hydrogens (tertiary/aromatic N) is 4. The molecule has 162 valence electrons. The number of nitrogen functional groups attached to an aromatic ring is 1. The molecule has 0 spiro atoms. The second-order valence-corrected chi connectivity index (χ2v) is 7.57. The molecule has 1 aliphatic heterocycles. The van der Waals surface area contributed by atoms with Crippen LogP contribution < -0.4 is 5.73 Å². The van der Waals surface area contributed by atoms with Gasteiger partial charge in [0.1, 0.15) is 11.2 Å². The smallest absolute Gasteiger partial charge is 0.238 e. The van der Waals surface area contributed by atoms with Crippen molar-refractivity contribution in [2.75, 3.05) is 18.9 Å². The maximum absolute atomic E-state index is 14.0. The zero-order valence-electron chi connectivity index (χ0n) is 16.7. The summed E-state index contributed by atoms with van der Waals surface area (Å²) < 4.78 is 47.7. The molecule has 1 aliphatic rings. The van der Waals surface area contributed by atoms with Crippen molar-refractivity contribution in [3.05, 3.63) is 42.0 Å². The van der Waals surface area contributed by atoms with Crippen LogP contribution in [0.2, 0.25) is 0 Å². The molecular formula is C20H24F3N5O2. The summed E-state index contributed by atoms with van der Waals surface area (Å²) in [4.78, 5) is 7.81. The van der Waals surface area contributed by atoms with Gasteiger partial charge >= 0.3 is 0 Å². The van der Waals surface area contributed by atoms with Gasteiger partial charge in [0.15, 0.2) is 12.0 Å². The van der Waals surface area contributed by atoms with Crippen LogP contribution in [0, 0.1) is 5.82 Å². The first kappa shape index (κ1) is 22.0. The fraction of sp³-hybridized carbons (Fsp3) is 0.450. The van der Waals surface area contributed by atoms with Gasteiger partial charge in [-0.25, -0.2) is 22.7 Å². The Morgan fingerprint density at radius 2 is 2.07 bits per heavy atom. The molecule has 1 saturated heterocycles. The van der Waals surface area contributed by atoms with E-state index >= 15 is 0 Å². The van der Waals surface area contributed by atoms with E-state index in [1.807, 2.05) is 0 Å². The van der Waals surface area contributed by atoms with Gasteiger partial charge in [0.05, 0.1) is 30.3 Å². The number of pyridine rings is 1. The summed E-state index contributed by atoms with van der Waals surface area (Å²) in [5.41, 5.74) is 4.45. The minimum atomic E-state index is -2.02. The van der Waals surface area contributed by atoms with Crippen LogP contribution >= 0.6 is 0 Å². The Hall–Kier alpha value is -2.72. The summed E-state index contributed by atoms with van der Waals surface area (Å²) in [5, 5.41) is 12.7. The Morgan fingerprint density at radius 1 is 1.30 bits per heavy atom. The summed E-state index contributed by atoms with van der Waals surface area (Å²) in [6, 6.07) is 4.13. The molecule has 0 aromatic carbocycles. The van der Waals surface area contributed by atoms with Crippen molar-refractivity contribution in [1.82, 2.24) is 19.6 Å². The number of hydrogen-bond donors (Lipinski definition) is 2. The van der Waals surface area contributed by atoms with Crippen molar-refractivity contribution < 1.29 is 23.0 Å². The molecule has 2 atom stereocenters. The molecule has 3 aromatic rings. The number of ether oxygens (including phenoxy) is 1. The van der Waals surface area contributed by atoms with E-state index in [2.05, 4.69) is 15.1 Å². The van der Waals surface area contributed by atoms with Gasteiger partial charge in [-0.05, 0) is 32.8 Å². The van der Waals surface area contributed by atoms with Crippen LogP contribution in [0.3, 0.4) is 0 Å². The van der Waals surface area contributed by atoms with Gasteiger partial charge in [-0.2, -0.15) is 0 Å². The molecule has 4 rings (SSSR count). The number of anilines is 1. The Morgan fingerprint density at radius 3 is 2.60 bits per heavy atom. The molecule has 7 nitrogen and oxygen atoms in total. The third kappa shape index (κ3) is 5.06. The summed E-state index contributed by atoms with van der Waals surface area (Å²) in [6.07, 6.45) is 2.43. The van der Waals surface area contributed by atoms with Gasteiger partial charge in [-0.15, -0.1) is 5.10 Å². The predicted octanol–water partition coefficient (Wildman–Crippen LogP) is 3.43. The fourth-order valence-corrected chi connectivity index (χ4v) is 2.97. The van der Waals surface area contributed by atoms with Crippen LogP contribution in [-0.2, 0) is 4.74 Å². The molecule has 1 fully saturated rings. The molecule has 0 bridgehead atoms. The maximum Gasteiger partial charge on any atom is 0.238 e. The number of halogens is 3. The third-order valence-corrected chi connectivity index (χ3v) is 4.57. The quantitative estimate of drug-likeness (QED) is 0.670. The fourth-order valence-electron chi connectivity index (χ4n) is 2.97. The highest BCUT2D eigenvalue weighted by atomic mass is 19.2. The van der Waals surface area contributed by atoms with Gasteiger partial charge in [0.25, 0.3) is 0 Å². The first-order chi connectivity index (χ1) is 14.2. The normalized spacial score (nSPS) is 18.0. The minimum absolute atomic E-state index is 0.0195. The van der Waals surface area contributed by atoms with Crippen molar-refractivity contribution in [3.8, 4) is 11.4 Å². The molecule has 0 amide bonds. The van der Waals surface area contributed by atoms with Gasteiger partial charge in [-0.3, -0.25) is 4.98 Å². The van der Waals surface area contributed by atoms with Gasteiger partial charge < -0.3 is 15.6 Å². The molecule has 10 heteroatoms. The number of aromatic nitrogens is 4. The van der Waals surface area contributed by atoms with Crippen molar-refractivity contribution in [2.45, 2.75) is 44.6 Å². The Kier molecular flexibility index (Phi) is 6.57. The van der Waals surface area contributed by atoms with E-state index in [1.54, 1.807) is 0 Å². The van der Waals surface area contributed by atoms with Crippen molar-refractivity contribution in [2.24, 2.45) is 0 Å². The monoisotopic (exact) mass is 423 g/mol. The topological polar surface area (TPSA) is 98.6 Å². The Balaban J connectivity index is 0.000000310. The molecule has 4 heterocycles. The standard InChI is InChI=1S/C15H14F3N5.C5H10O2/c1-15(2,18)13(17)8-3-4-10(20-6-8)11-5-9(16)12-7-21-14(19)22-23(11)12;6-5-2-1-3-7-4-5/h3-7,13H,1-2H3,(H2,19,22);5-6H,1-4H2. The molecule has 0 radical (unpaired) electrons. The van der Waals surface area contributed by atoms with Gasteiger partial charge in [0.2, 0.25) is 5.95 Å². The van der Waals surface area contributed by atoms with Gasteiger partial charge in [0, 0.05) is 24.4 Å². The van der Waals surface area contributed by atoms with E-state index in [9.17, 15) is 13.2 Å². The number of hydrogen-bond acceptors (Lipinski definition) is 6. The maximum atomic E-state index is 14.0. The number of aliphatic hydroxyl groups excluding tert-OH is 1. The lowest BCUT2D eigenvalue weighted by molar-refractivity contribution is -0.00535. The Bertz CT molecular complexity index is 983. The summed E-state index contributed by atoms with van der Waals surface area (Å²) in [7, 11) is 0. The molecule has 3 N–H and O–H groups in total. The van der Waals surface area contributed by atoms with E-state index in [-0.39, 0.29) is 23.1 Å². The average Bonchev–Trinajstić information content (AvgIpc) is 3.03. The van der Waals surface area contributed by atoms with Crippen LogP contribution in [0.25, 0.3) is 16.9 Å². The van der Waals surface area contributed by atoms with Crippen molar-refractivity contribution in [3.63, 3.8) is 0 Å². The lowest BCUT2D eigenvalue weighted by Crippen LogP contribution is -2.21. The highest BCUT2D eigenvalue weighted by molar-refractivity contribution is 5.64. The number of rotatable bonds is 3. The van der Waals surface area contributed by atoms with E-state index in [0.717, 1.165) is 33.3 Å². The largest absolute Gasteiger partial charge is 0.391 e. The number of fused-ring (bicyclic) bond motifs is 1. The first-order valence-corrected chi connectivity index (χ1v) is 9.51. The van der Waals surface area contributed by atoms with Crippen molar-refractivity contribution >= 4 is 11.5 Å². The van der Waals surface area contributed by atoms with Crippen LogP contribution in [0.5, 0.6) is 0 Å². The third-order valence-electron chi connectivity index (χ3n) is 4.57. The van der Waals surface area contributed by atoms with E-state index in [0.29, 0.717) is 18.0 Å². The number of nitrogens with two attached hydrogens (primary N) is 1. The predicted molar refractivity (Wildman–Crippen MR) is 106 cm³/mol. The molecule has 0 saturated carbocycles. The molecule has 3 aromatic heterocycles. The number of aliphatic hydroxyl groups is 1. The highest BCUT2D eigenvalue weighted by Crippen LogP contribution is 2.33. The van der Waals surface area contributed by atoms with Crippen LogP contribution in [0.15, 0.2) is 30.6 Å². The second kappa shape index (κ2) is 8.97. The van der Waals surface area contributed by atoms with Crippen LogP contribution in [-0.4, -0.2) is 49.7 Å². The summed E-state index contributed by atoms with van der Waals surface area (Å²) >= 11 is 0. The summed E-state index contributed by atoms with van der Waals surface area (Å²) in [6.45, 7) is 3.68. The first-order valence-electron chi connectivity index (χ1n) is 9.51. The van der Waals surface area contributed by atoms with E-state index < -0.39 is 17.7 Å². The Labute approximate surface area is 171 Å². The molecule has 0 aliphatic carbocycles. The SMILES string of the molecule is CC(C)(F)C(F)c1ccc(-c2cc(F)c3cnc(N)nn23)nc1.OC1CCCOC1. The lowest BCUT2D eigenvalue weighted by Gasteiger charge is -2.19. The lowest BCUT2D eigenvalue weighted by atomic mass is 9.99. The highest BCUT2D eigenvalue weighted by Gasteiger charge is 2.30. The van der Waals surface area contributed by atoms with E-state index in [1.165, 1.54) is 35.1 Å². The zero-order valence-corrected chi connectivity index (χ0v) is 16.7. The molecule has 30 heavy (non-hydrogen) atoms. The van der Waals surface area contributed by atoms with Gasteiger partial charge in [-0.1, -0.05) is 6.07 Å². The van der Waals surface area contributed by atoms with Crippen LogP contribution in [0.4, 0.5) is 19.1 Å². The molecular weight excluding hydrogens is 399 g/mol. The number of alkyl halides is 2. The molecule has 2 unspecified atom stereocenters. The second-order valence-electron chi connectivity index (χ2n) is 7.57.